The highest BCUT2D eigenvalue weighted by Gasteiger charge is 2.50. The normalized spacial score (nSPS) is 20.1. The van der Waals surface area contributed by atoms with Crippen molar-refractivity contribution in [2.45, 2.75) is 46.1 Å². The van der Waals surface area contributed by atoms with E-state index in [1.54, 1.807) is 6.92 Å². The standard InChI is InChI=1S/C20H26N2O3/c1-5-22-10-8-20(9-11-22)17(15(4)19(24)25-20)18(23)21-16-7-6-13(2)12-14(16)3/h6-7,12H,5,8-11H2,1-4H3,(H,21,23). The van der Waals surface area contributed by atoms with Crippen LogP contribution in [0, 0.1) is 13.8 Å². The minimum Gasteiger partial charge on any atom is -0.450 e. The van der Waals surface area contributed by atoms with Crippen molar-refractivity contribution in [2.24, 2.45) is 0 Å². The second kappa shape index (κ2) is 6.64. The molecule has 3 rings (SSSR count). The van der Waals surface area contributed by atoms with Gasteiger partial charge in [0, 0.05) is 37.2 Å². The molecule has 1 spiro atoms. The number of esters is 1. The molecule has 1 amide bonds. The highest BCUT2D eigenvalue weighted by molar-refractivity contribution is 6.12. The fourth-order valence-electron chi connectivity index (χ4n) is 3.85. The van der Waals surface area contributed by atoms with Gasteiger partial charge in [-0.1, -0.05) is 24.6 Å². The molecule has 1 fully saturated rings. The molecule has 0 bridgehead atoms. The lowest BCUT2D eigenvalue weighted by Gasteiger charge is -2.39. The third-order valence-corrected chi connectivity index (χ3v) is 5.39. The molecule has 2 aliphatic heterocycles. The molecular formula is C20H26N2O3. The van der Waals surface area contributed by atoms with Gasteiger partial charge in [-0.05, 0) is 38.9 Å². The average Bonchev–Trinajstić information content (AvgIpc) is 2.81. The summed E-state index contributed by atoms with van der Waals surface area (Å²) in [4.78, 5) is 27.5. The Hall–Kier alpha value is -2.14. The molecule has 1 aromatic rings. The third kappa shape index (κ3) is 3.21. The molecule has 5 nitrogen and oxygen atoms in total. The van der Waals surface area contributed by atoms with Crippen molar-refractivity contribution in [1.82, 2.24) is 4.90 Å². The van der Waals surface area contributed by atoms with Crippen LogP contribution < -0.4 is 5.32 Å². The highest BCUT2D eigenvalue weighted by Crippen LogP contribution is 2.41. The molecular weight excluding hydrogens is 316 g/mol. The number of ether oxygens (including phenoxy) is 1. The van der Waals surface area contributed by atoms with E-state index in [9.17, 15) is 9.59 Å². The van der Waals surface area contributed by atoms with Gasteiger partial charge in [-0.3, -0.25) is 4.79 Å². The van der Waals surface area contributed by atoms with Crippen LogP contribution in [0.5, 0.6) is 0 Å². The van der Waals surface area contributed by atoms with Crippen molar-refractivity contribution in [1.29, 1.82) is 0 Å². The van der Waals surface area contributed by atoms with Crippen LogP contribution in [0.2, 0.25) is 0 Å². The number of likely N-dealkylation sites (tertiary alicyclic amines) is 1. The Morgan fingerprint density at radius 1 is 1.24 bits per heavy atom. The van der Waals surface area contributed by atoms with Crippen LogP contribution in [0.4, 0.5) is 5.69 Å². The Morgan fingerprint density at radius 2 is 1.92 bits per heavy atom. The smallest absolute Gasteiger partial charge is 0.335 e. The Kier molecular flexibility index (Phi) is 4.69. The van der Waals surface area contributed by atoms with Crippen molar-refractivity contribution in [3.63, 3.8) is 0 Å². The van der Waals surface area contributed by atoms with E-state index in [0.717, 1.165) is 36.4 Å². The SMILES string of the molecule is CCN1CCC2(CC1)OC(=O)C(C)=C2C(=O)Nc1ccc(C)cc1C. The van der Waals surface area contributed by atoms with Crippen LogP contribution in [0.25, 0.3) is 0 Å². The summed E-state index contributed by atoms with van der Waals surface area (Å²) in [5.74, 6) is -0.587. The number of hydrogen-bond acceptors (Lipinski definition) is 4. The third-order valence-electron chi connectivity index (χ3n) is 5.39. The number of anilines is 1. The van der Waals surface area contributed by atoms with Crippen LogP contribution in [-0.4, -0.2) is 42.0 Å². The van der Waals surface area contributed by atoms with Crippen LogP contribution >= 0.6 is 0 Å². The maximum absolute atomic E-state index is 13.0. The molecule has 0 unspecified atom stereocenters. The summed E-state index contributed by atoms with van der Waals surface area (Å²) in [7, 11) is 0. The fraction of sp³-hybridized carbons (Fsp3) is 0.500. The molecule has 1 aromatic carbocycles. The lowest BCUT2D eigenvalue weighted by Crippen LogP contribution is -2.47. The summed E-state index contributed by atoms with van der Waals surface area (Å²) >= 11 is 0. The van der Waals surface area contributed by atoms with Gasteiger partial charge >= 0.3 is 5.97 Å². The van der Waals surface area contributed by atoms with E-state index in [1.807, 2.05) is 32.0 Å². The number of amides is 1. The van der Waals surface area contributed by atoms with Gasteiger partial charge in [-0.15, -0.1) is 0 Å². The van der Waals surface area contributed by atoms with E-state index in [1.165, 1.54) is 0 Å². The van der Waals surface area contributed by atoms with Crippen molar-refractivity contribution in [3.05, 3.63) is 40.5 Å². The van der Waals surface area contributed by atoms with Gasteiger partial charge in [0.2, 0.25) is 0 Å². The molecule has 0 atom stereocenters. The second-order valence-electron chi connectivity index (χ2n) is 7.09. The van der Waals surface area contributed by atoms with E-state index in [0.29, 0.717) is 24.0 Å². The Balaban J connectivity index is 1.87. The highest BCUT2D eigenvalue weighted by atomic mass is 16.6. The minimum atomic E-state index is -0.768. The first kappa shape index (κ1) is 17.7. The first-order valence-corrected chi connectivity index (χ1v) is 8.92. The molecule has 0 radical (unpaired) electrons. The van der Waals surface area contributed by atoms with Crippen LogP contribution in [-0.2, 0) is 14.3 Å². The zero-order chi connectivity index (χ0) is 18.2. The van der Waals surface area contributed by atoms with Gasteiger partial charge in [0.05, 0.1) is 5.57 Å². The summed E-state index contributed by atoms with van der Waals surface area (Å²) in [5.41, 5.74) is 3.10. The molecule has 2 aliphatic rings. The zero-order valence-corrected chi connectivity index (χ0v) is 15.4. The molecule has 5 heteroatoms. The van der Waals surface area contributed by atoms with Gasteiger partial charge in [0.15, 0.2) is 0 Å². The van der Waals surface area contributed by atoms with Gasteiger partial charge < -0.3 is 15.0 Å². The van der Waals surface area contributed by atoms with Gasteiger partial charge in [0.1, 0.15) is 5.60 Å². The van der Waals surface area contributed by atoms with E-state index < -0.39 is 5.60 Å². The average molecular weight is 342 g/mol. The molecule has 0 aliphatic carbocycles. The number of benzene rings is 1. The molecule has 0 saturated carbocycles. The maximum atomic E-state index is 13.0. The lowest BCUT2D eigenvalue weighted by atomic mass is 9.82. The largest absolute Gasteiger partial charge is 0.450 e. The zero-order valence-electron chi connectivity index (χ0n) is 15.4. The second-order valence-corrected chi connectivity index (χ2v) is 7.09. The number of carbonyl (C=O) groups excluding carboxylic acids is 2. The molecule has 25 heavy (non-hydrogen) atoms. The Bertz CT molecular complexity index is 743. The number of piperidine rings is 1. The van der Waals surface area contributed by atoms with Crippen LogP contribution in [0.15, 0.2) is 29.3 Å². The number of hydrogen-bond donors (Lipinski definition) is 1. The van der Waals surface area contributed by atoms with Gasteiger partial charge in [-0.2, -0.15) is 0 Å². The van der Waals surface area contributed by atoms with E-state index in [-0.39, 0.29) is 11.9 Å². The predicted molar refractivity (Wildman–Crippen MR) is 97.4 cm³/mol. The predicted octanol–water partition coefficient (Wildman–Crippen LogP) is 2.97. The van der Waals surface area contributed by atoms with Crippen molar-refractivity contribution in [3.8, 4) is 0 Å². The first-order chi connectivity index (χ1) is 11.9. The van der Waals surface area contributed by atoms with Crippen molar-refractivity contribution < 1.29 is 14.3 Å². The Morgan fingerprint density at radius 3 is 2.52 bits per heavy atom. The number of nitrogens with zero attached hydrogens (tertiary/aromatic N) is 1. The Labute approximate surface area is 149 Å². The first-order valence-electron chi connectivity index (χ1n) is 8.92. The molecule has 1 N–H and O–H groups in total. The summed E-state index contributed by atoms with van der Waals surface area (Å²) in [6.07, 6.45) is 1.33. The monoisotopic (exact) mass is 342 g/mol. The number of aryl methyl sites for hydroxylation is 2. The summed E-state index contributed by atoms with van der Waals surface area (Å²) < 4.78 is 5.72. The van der Waals surface area contributed by atoms with E-state index in [2.05, 4.69) is 17.1 Å². The van der Waals surface area contributed by atoms with Gasteiger partial charge in [0.25, 0.3) is 5.91 Å². The van der Waals surface area contributed by atoms with Crippen molar-refractivity contribution in [2.75, 3.05) is 25.0 Å². The summed E-state index contributed by atoms with van der Waals surface area (Å²) in [6, 6.07) is 5.90. The topological polar surface area (TPSA) is 58.6 Å². The quantitative estimate of drug-likeness (QED) is 0.858. The number of rotatable bonds is 3. The molecule has 134 valence electrons. The van der Waals surface area contributed by atoms with Crippen LogP contribution in [0.3, 0.4) is 0 Å². The summed E-state index contributed by atoms with van der Waals surface area (Å²) in [5, 5.41) is 2.98. The lowest BCUT2D eigenvalue weighted by molar-refractivity contribution is -0.150. The fourth-order valence-corrected chi connectivity index (χ4v) is 3.85. The maximum Gasteiger partial charge on any atom is 0.335 e. The van der Waals surface area contributed by atoms with Crippen LogP contribution in [0.1, 0.15) is 37.8 Å². The number of carbonyl (C=O) groups is 2. The summed E-state index contributed by atoms with van der Waals surface area (Å²) in [6.45, 7) is 10.4. The van der Waals surface area contributed by atoms with E-state index in [4.69, 9.17) is 4.74 Å². The molecule has 2 heterocycles. The van der Waals surface area contributed by atoms with Gasteiger partial charge in [-0.25, -0.2) is 4.79 Å². The molecule has 1 saturated heterocycles. The van der Waals surface area contributed by atoms with Crippen molar-refractivity contribution >= 4 is 17.6 Å². The number of nitrogens with one attached hydrogen (secondary N) is 1. The minimum absolute atomic E-state index is 0.222. The molecule has 0 aromatic heterocycles. The van der Waals surface area contributed by atoms with E-state index >= 15 is 0 Å².